The number of amides is 1. The molecule has 17 heavy (non-hydrogen) atoms. The van der Waals surface area contributed by atoms with Crippen molar-refractivity contribution in [2.75, 3.05) is 6.61 Å². The predicted octanol–water partition coefficient (Wildman–Crippen LogP) is 4.35. The molecule has 0 radical (unpaired) electrons. The molecule has 0 atom stereocenters. The van der Waals surface area contributed by atoms with Crippen molar-refractivity contribution < 1.29 is 9.53 Å². The molecule has 98 valence electrons. The van der Waals surface area contributed by atoms with E-state index in [1.807, 2.05) is 0 Å². The Morgan fingerprint density at radius 2 is 2.00 bits per heavy atom. The van der Waals surface area contributed by atoms with Crippen LogP contribution >= 0.6 is 0 Å². The van der Waals surface area contributed by atoms with Crippen molar-refractivity contribution in [3.05, 3.63) is 0 Å². The highest BCUT2D eigenvalue weighted by molar-refractivity contribution is 5.78. The third-order valence-electron chi connectivity index (χ3n) is 3.44. The lowest BCUT2D eigenvalue weighted by Gasteiger charge is -2.21. The number of aliphatic imine (C=N–C) groups is 1. The SMILES string of the molecule is CC=NC(=O)OCCCCCC1CCCCC1. The van der Waals surface area contributed by atoms with Gasteiger partial charge in [-0.05, 0) is 19.3 Å². The molecule has 0 spiro atoms. The molecule has 0 aromatic heterocycles. The zero-order valence-corrected chi connectivity index (χ0v) is 11.0. The number of nitrogens with zero attached hydrogens (tertiary/aromatic N) is 1. The van der Waals surface area contributed by atoms with E-state index in [4.69, 9.17) is 4.74 Å². The summed E-state index contributed by atoms with van der Waals surface area (Å²) in [4.78, 5) is 14.4. The van der Waals surface area contributed by atoms with Gasteiger partial charge in [0.25, 0.3) is 0 Å². The van der Waals surface area contributed by atoms with Crippen LogP contribution < -0.4 is 0 Å². The van der Waals surface area contributed by atoms with Gasteiger partial charge in [0.05, 0.1) is 6.61 Å². The average molecular weight is 239 g/mol. The Labute approximate surface area is 105 Å². The quantitative estimate of drug-likeness (QED) is 0.510. The van der Waals surface area contributed by atoms with E-state index in [1.54, 1.807) is 6.92 Å². The molecule has 0 aromatic carbocycles. The molecular formula is C14H25NO2. The third-order valence-corrected chi connectivity index (χ3v) is 3.44. The lowest BCUT2D eigenvalue weighted by molar-refractivity contribution is 0.154. The minimum atomic E-state index is -0.459. The van der Waals surface area contributed by atoms with Gasteiger partial charge >= 0.3 is 6.09 Å². The first-order valence-corrected chi connectivity index (χ1v) is 6.98. The zero-order valence-electron chi connectivity index (χ0n) is 11.0. The van der Waals surface area contributed by atoms with Gasteiger partial charge in [-0.15, -0.1) is 0 Å². The highest BCUT2D eigenvalue weighted by Crippen LogP contribution is 2.27. The minimum absolute atomic E-state index is 0.459. The van der Waals surface area contributed by atoms with E-state index in [1.165, 1.54) is 57.6 Å². The second-order valence-electron chi connectivity index (χ2n) is 4.86. The number of unbranched alkanes of at least 4 members (excludes halogenated alkanes) is 2. The first kappa shape index (κ1) is 14.2. The molecule has 0 unspecified atom stereocenters. The van der Waals surface area contributed by atoms with Crippen molar-refractivity contribution in [3.8, 4) is 0 Å². The van der Waals surface area contributed by atoms with Gasteiger partial charge in [0, 0.05) is 6.21 Å². The Balaban J connectivity index is 1.88. The van der Waals surface area contributed by atoms with Crippen LogP contribution in [0.25, 0.3) is 0 Å². The second-order valence-corrected chi connectivity index (χ2v) is 4.86. The molecule has 1 amide bonds. The summed E-state index contributed by atoms with van der Waals surface area (Å²) in [6.07, 6.45) is 12.9. The van der Waals surface area contributed by atoms with E-state index in [0.717, 1.165) is 12.3 Å². The predicted molar refractivity (Wildman–Crippen MR) is 70.6 cm³/mol. The van der Waals surface area contributed by atoms with Gasteiger partial charge in [-0.1, -0.05) is 51.4 Å². The molecule has 0 N–H and O–H groups in total. The van der Waals surface area contributed by atoms with Gasteiger partial charge in [0.15, 0.2) is 0 Å². The van der Waals surface area contributed by atoms with Crippen LogP contribution in [-0.2, 0) is 4.74 Å². The van der Waals surface area contributed by atoms with Gasteiger partial charge in [-0.25, -0.2) is 4.79 Å². The molecule has 1 rings (SSSR count). The van der Waals surface area contributed by atoms with E-state index in [-0.39, 0.29) is 0 Å². The average Bonchev–Trinajstić information content (AvgIpc) is 2.35. The summed E-state index contributed by atoms with van der Waals surface area (Å²) in [6.45, 7) is 2.23. The number of rotatable bonds is 6. The molecule has 0 heterocycles. The summed E-state index contributed by atoms with van der Waals surface area (Å²) in [7, 11) is 0. The largest absolute Gasteiger partial charge is 0.448 e. The fraction of sp³-hybridized carbons (Fsp3) is 0.857. The van der Waals surface area contributed by atoms with Crippen LogP contribution in [0.5, 0.6) is 0 Å². The van der Waals surface area contributed by atoms with Crippen LogP contribution in [-0.4, -0.2) is 18.9 Å². The van der Waals surface area contributed by atoms with Crippen LogP contribution in [0.4, 0.5) is 4.79 Å². The lowest BCUT2D eigenvalue weighted by atomic mass is 9.86. The number of carbonyl (C=O) groups is 1. The standard InChI is InChI=1S/C14H25NO2/c1-2-15-14(16)17-12-8-4-7-11-13-9-5-3-6-10-13/h2,13H,3-12H2,1H3. The highest BCUT2D eigenvalue weighted by Gasteiger charge is 2.12. The molecule has 1 aliphatic rings. The maximum absolute atomic E-state index is 10.9. The van der Waals surface area contributed by atoms with Gasteiger partial charge in [0.1, 0.15) is 0 Å². The number of ether oxygens (including phenoxy) is 1. The molecule has 3 nitrogen and oxygen atoms in total. The number of hydrogen-bond acceptors (Lipinski definition) is 2. The molecule has 0 aliphatic heterocycles. The van der Waals surface area contributed by atoms with Crippen molar-refractivity contribution in [1.29, 1.82) is 0 Å². The fourth-order valence-electron chi connectivity index (χ4n) is 2.49. The molecule has 1 saturated carbocycles. The number of carbonyl (C=O) groups excluding carboxylic acids is 1. The number of hydrogen-bond donors (Lipinski definition) is 0. The van der Waals surface area contributed by atoms with Crippen molar-refractivity contribution >= 4 is 12.3 Å². The van der Waals surface area contributed by atoms with Gasteiger partial charge in [-0.2, -0.15) is 4.99 Å². The zero-order chi connectivity index (χ0) is 12.3. The monoisotopic (exact) mass is 239 g/mol. The maximum Gasteiger partial charge on any atom is 0.433 e. The summed E-state index contributed by atoms with van der Waals surface area (Å²) >= 11 is 0. The Hall–Kier alpha value is -0.860. The normalized spacial score (nSPS) is 17.5. The van der Waals surface area contributed by atoms with Crippen LogP contribution in [0.15, 0.2) is 4.99 Å². The first-order valence-electron chi connectivity index (χ1n) is 6.98. The van der Waals surface area contributed by atoms with E-state index in [0.29, 0.717) is 6.61 Å². The van der Waals surface area contributed by atoms with Gasteiger partial charge < -0.3 is 4.74 Å². The third kappa shape index (κ3) is 7.14. The summed E-state index contributed by atoms with van der Waals surface area (Å²) < 4.78 is 4.94. The van der Waals surface area contributed by atoms with E-state index in [2.05, 4.69) is 4.99 Å². The molecular weight excluding hydrogens is 214 g/mol. The Bertz CT molecular complexity index is 232. The summed E-state index contributed by atoms with van der Waals surface area (Å²) in [5, 5.41) is 0. The summed E-state index contributed by atoms with van der Waals surface area (Å²) in [6, 6.07) is 0. The minimum Gasteiger partial charge on any atom is -0.448 e. The maximum atomic E-state index is 10.9. The molecule has 1 fully saturated rings. The Morgan fingerprint density at radius 1 is 1.24 bits per heavy atom. The summed E-state index contributed by atoms with van der Waals surface area (Å²) in [5.41, 5.74) is 0. The molecule has 0 bridgehead atoms. The molecule has 0 aromatic rings. The van der Waals surface area contributed by atoms with Crippen LogP contribution in [0.3, 0.4) is 0 Å². The van der Waals surface area contributed by atoms with E-state index in [9.17, 15) is 4.79 Å². The van der Waals surface area contributed by atoms with E-state index < -0.39 is 6.09 Å². The van der Waals surface area contributed by atoms with Crippen LogP contribution in [0.1, 0.15) is 64.7 Å². The van der Waals surface area contributed by atoms with Crippen LogP contribution in [0, 0.1) is 5.92 Å². The Kier molecular flexibility index (Phi) is 7.69. The van der Waals surface area contributed by atoms with Gasteiger partial charge in [-0.3, -0.25) is 0 Å². The van der Waals surface area contributed by atoms with Crippen molar-refractivity contribution in [2.24, 2.45) is 10.9 Å². The smallest absolute Gasteiger partial charge is 0.433 e. The van der Waals surface area contributed by atoms with E-state index >= 15 is 0 Å². The topological polar surface area (TPSA) is 38.7 Å². The van der Waals surface area contributed by atoms with Crippen LogP contribution in [0.2, 0.25) is 0 Å². The fourth-order valence-corrected chi connectivity index (χ4v) is 2.49. The van der Waals surface area contributed by atoms with Crippen molar-refractivity contribution in [2.45, 2.75) is 64.7 Å². The molecule has 3 heteroatoms. The lowest BCUT2D eigenvalue weighted by Crippen LogP contribution is -2.06. The molecule has 0 saturated heterocycles. The highest BCUT2D eigenvalue weighted by atomic mass is 16.5. The second kappa shape index (κ2) is 9.20. The molecule has 1 aliphatic carbocycles. The van der Waals surface area contributed by atoms with Gasteiger partial charge in [0.2, 0.25) is 0 Å². The van der Waals surface area contributed by atoms with Crippen molar-refractivity contribution in [3.63, 3.8) is 0 Å². The first-order chi connectivity index (χ1) is 8.33. The Morgan fingerprint density at radius 3 is 2.71 bits per heavy atom. The summed E-state index contributed by atoms with van der Waals surface area (Å²) in [5.74, 6) is 0.969. The van der Waals surface area contributed by atoms with Crippen molar-refractivity contribution in [1.82, 2.24) is 0 Å².